The molecule has 1 aliphatic rings. The summed E-state index contributed by atoms with van der Waals surface area (Å²) >= 11 is 0. The van der Waals surface area contributed by atoms with Gasteiger partial charge in [0.05, 0.1) is 18.5 Å². The van der Waals surface area contributed by atoms with Crippen molar-refractivity contribution in [2.24, 2.45) is 13.0 Å². The molecule has 2 aromatic heterocycles. The highest BCUT2D eigenvalue weighted by Gasteiger charge is 2.30. The minimum atomic E-state index is -3.46. The van der Waals surface area contributed by atoms with Gasteiger partial charge in [0, 0.05) is 37.8 Å². The summed E-state index contributed by atoms with van der Waals surface area (Å²) in [5.74, 6) is 0.808. The third-order valence-electron chi connectivity index (χ3n) is 4.77. The van der Waals surface area contributed by atoms with Crippen molar-refractivity contribution in [3.63, 3.8) is 0 Å². The Kier molecular flexibility index (Phi) is 5.53. The molecule has 0 amide bonds. The second-order valence-corrected chi connectivity index (χ2v) is 9.95. The van der Waals surface area contributed by atoms with Gasteiger partial charge in [0.2, 0.25) is 15.9 Å². The van der Waals surface area contributed by atoms with Crippen molar-refractivity contribution in [2.75, 3.05) is 19.7 Å². The zero-order chi connectivity index (χ0) is 19.7. The van der Waals surface area contributed by atoms with Gasteiger partial charge in [0.25, 0.3) is 0 Å². The maximum atomic E-state index is 12.6. The number of piperidine rings is 1. The molecule has 1 saturated heterocycles. The van der Waals surface area contributed by atoms with Gasteiger partial charge in [-0.25, -0.2) is 8.42 Å². The third-order valence-corrected chi connectivity index (χ3v) is 6.62. The Labute approximate surface area is 160 Å². The molecule has 1 fully saturated rings. The van der Waals surface area contributed by atoms with Gasteiger partial charge in [-0.2, -0.15) is 14.5 Å². The van der Waals surface area contributed by atoms with Gasteiger partial charge in [0.15, 0.2) is 0 Å². The maximum absolute atomic E-state index is 12.6. The van der Waals surface area contributed by atoms with Crippen LogP contribution in [0.1, 0.15) is 39.3 Å². The van der Waals surface area contributed by atoms with Gasteiger partial charge in [-0.05, 0) is 24.8 Å². The molecular formula is C18H27N5O3S. The summed E-state index contributed by atoms with van der Waals surface area (Å²) in [5.41, 5.74) is 0.877. The fourth-order valence-corrected chi connectivity index (χ4v) is 4.45. The van der Waals surface area contributed by atoms with Crippen LogP contribution in [0.4, 0.5) is 0 Å². The van der Waals surface area contributed by atoms with Crippen LogP contribution in [0.3, 0.4) is 0 Å². The molecular weight excluding hydrogens is 366 g/mol. The first-order valence-corrected chi connectivity index (χ1v) is 10.6. The molecule has 0 atom stereocenters. The lowest BCUT2D eigenvalue weighted by molar-refractivity contribution is 0.179. The zero-order valence-electron chi connectivity index (χ0n) is 16.3. The smallest absolute Gasteiger partial charge is 0.246 e. The molecule has 0 bridgehead atoms. The van der Waals surface area contributed by atoms with Crippen LogP contribution >= 0.6 is 0 Å². The summed E-state index contributed by atoms with van der Waals surface area (Å²) in [5, 5.41) is 12.3. The molecule has 3 heterocycles. The quantitative estimate of drug-likeness (QED) is 0.772. The van der Waals surface area contributed by atoms with Crippen LogP contribution in [0, 0.1) is 5.92 Å². The number of nitrogens with zero attached hydrogens (tertiary/aromatic N) is 5. The minimum Gasteiger partial charge on any atom is -0.476 e. The first-order valence-electron chi connectivity index (χ1n) is 9.12. The van der Waals surface area contributed by atoms with Crippen LogP contribution in [0.2, 0.25) is 0 Å². The summed E-state index contributed by atoms with van der Waals surface area (Å²) in [6, 6.07) is 3.78. The van der Waals surface area contributed by atoms with E-state index in [0.29, 0.717) is 31.5 Å². The fourth-order valence-electron chi connectivity index (χ4n) is 3.00. The van der Waals surface area contributed by atoms with Crippen molar-refractivity contribution in [1.82, 2.24) is 24.3 Å². The number of hydrogen-bond acceptors (Lipinski definition) is 6. The molecule has 9 heteroatoms. The largest absolute Gasteiger partial charge is 0.476 e. The molecule has 0 saturated carbocycles. The molecule has 8 nitrogen and oxygen atoms in total. The predicted molar refractivity (Wildman–Crippen MR) is 101 cm³/mol. The van der Waals surface area contributed by atoms with Crippen LogP contribution in [-0.2, 0) is 22.5 Å². The molecule has 0 aliphatic carbocycles. The van der Waals surface area contributed by atoms with Crippen LogP contribution in [0.5, 0.6) is 5.88 Å². The second-order valence-electron chi connectivity index (χ2n) is 8.01. The first-order chi connectivity index (χ1) is 12.7. The van der Waals surface area contributed by atoms with Gasteiger partial charge in [-0.15, -0.1) is 5.10 Å². The summed E-state index contributed by atoms with van der Waals surface area (Å²) in [6.45, 7) is 7.75. The highest BCUT2D eigenvalue weighted by Crippen LogP contribution is 2.25. The molecule has 0 unspecified atom stereocenters. The van der Waals surface area contributed by atoms with Gasteiger partial charge in [0.1, 0.15) is 4.90 Å². The molecule has 1 aliphatic heterocycles. The summed E-state index contributed by atoms with van der Waals surface area (Å²) in [6.07, 6.45) is 4.44. The van der Waals surface area contributed by atoms with Gasteiger partial charge >= 0.3 is 0 Å². The maximum Gasteiger partial charge on any atom is 0.246 e. The van der Waals surface area contributed by atoms with E-state index in [1.807, 2.05) is 12.1 Å². The Morgan fingerprint density at radius 2 is 1.89 bits per heavy atom. The van der Waals surface area contributed by atoms with E-state index in [4.69, 9.17) is 4.74 Å². The standard InChI is InChI=1S/C18H27N5O3S/c1-18(2,3)16-5-6-17(21-20-16)26-13-14-7-9-23(10-8-14)27(24,25)15-11-19-22(4)12-15/h5-6,11-12,14H,7-10,13H2,1-4H3. The number of ether oxygens (including phenoxy) is 1. The van der Waals surface area contributed by atoms with E-state index in [2.05, 4.69) is 36.1 Å². The van der Waals surface area contributed by atoms with E-state index in [1.165, 1.54) is 21.4 Å². The SMILES string of the molecule is Cn1cc(S(=O)(=O)N2CCC(COc3ccc(C(C)(C)C)nn3)CC2)cn1. The van der Waals surface area contributed by atoms with E-state index in [9.17, 15) is 8.42 Å². The van der Waals surface area contributed by atoms with Crippen LogP contribution in [-0.4, -0.2) is 52.4 Å². The summed E-state index contributed by atoms with van der Waals surface area (Å²) in [4.78, 5) is 0.244. The number of rotatable bonds is 5. The zero-order valence-corrected chi connectivity index (χ0v) is 17.1. The number of aryl methyl sites for hydroxylation is 1. The Balaban J connectivity index is 1.51. The third kappa shape index (κ3) is 4.65. The molecule has 27 heavy (non-hydrogen) atoms. The van der Waals surface area contributed by atoms with Crippen molar-refractivity contribution < 1.29 is 13.2 Å². The normalized spacial score (nSPS) is 17.2. The molecule has 0 spiro atoms. The summed E-state index contributed by atoms with van der Waals surface area (Å²) < 4.78 is 34.0. The highest BCUT2D eigenvalue weighted by atomic mass is 32.2. The Morgan fingerprint density at radius 3 is 2.41 bits per heavy atom. The first kappa shape index (κ1) is 19.8. The van der Waals surface area contributed by atoms with Crippen molar-refractivity contribution >= 4 is 10.0 Å². The lowest BCUT2D eigenvalue weighted by atomic mass is 9.92. The Hall–Kier alpha value is -2.00. The average molecular weight is 394 g/mol. The molecule has 0 aromatic carbocycles. The lowest BCUT2D eigenvalue weighted by Crippen LogP contribution is -2.39. The van der Waals surface area contributed by atoms with Crippen molar-refractivity contribution in [1.29, 1.82) is 0 Å². The topological polar surface area (TPSA) is 90.2 Å². The Bertz CT molecular complexity index is 863. The Morgan fingerprint density at radius 1 is 1.19 bits per heavy atom. The highest BCUT2D eigenvalue weighted by molar-refractivity contribution is 7.89. The van der Waals surface area contributed by atoms with Crippen LogP contribution in [0.15, 0.2) is 29.4 Å². The van der Waals surface area contributed by atoms with Gasteiger partial charge < -0.3 is 4.74 Å². The molecule has 3 rings (SSSR count). The molecule has 0 N–H and O–H groups in total. The van der Waals surface area contributed by atoms with Crippen LogP contribution < -0.4 is 4.74 Å². The van der Waals surface area contributed by atoms with Crippen LogP contribution in [0.25, 0.3) is 0 Å². The number of hydrogen-bond donors (Lipinski definition) is 0. The summed E-state index contributed by atoms with van der Waals surface area (Å²) in [7, 11) is -1.76. The fraction of sp³-hybridized carbons (Fsp3) is 0.611. The molecule has 148 valence electrons. The van der Waals surface area contributed by atoms with E-state index in [-0.39, 0.29) is 10.3 Å². The van der Waals surface area contributed by atoms with Gasteiger partial charge in [-0.1, -0.05) is 20.8 Å². The lowest BCUT2D eigenvalue weighted by Gasteiger charge is -2.30. The minimum absolute atomic E-state index is 0.0435. The monoisotopic (exact) mass is 393 g/mol. The van der Waals surface area contributed by atoms with Crippen molar-refractivity contribution in [3.05, 3.63) is 30.2 Å². The second kappa shape index (κ2) is 7.55. The predicted octanol–water partition coefficient (Wildman–Crippen LogP) is 1.99. The molecule has 2 aromatic rings. The van der Waals surface area contributed by atoms with E-state index < -0.39 is 10.0 Å². The molecule has 0 radical (unpaired) electrons. The van der Waals surface area contributed by atoms with E-state index in [1.54, 1.807) is 7.05 Å². The number of aromatic nitrogens is 4. The number of sulfonamides is 1. The van der Waals surface area contributed by atoms with E-state index >= 15 is 0 Å². The van der Waals surface area contributed by atoms with Crippen molar-refractivity contribution in [3.8, 4) is 5.88 Å². The van der Waals surface area contributed by atoms with Gasteiger partial charge in [-0.3, -0.25) is 4.68 Å². The van der Waals surface area contributed by atoms with E-state index in [0.717, 1.165) is 18.5 Å². The van der Waals surface area contributed by atoms with Crippen molar-refractivity contribution in [2.45, 2.75) is 43.9 Å². The average Bonchev–Trinajstić information content (AvgIpc) is 3.07.